The van der Waals surface area contributed by atoms with E-state index in [1.165, 1.54) is 24.9 Å². The molecule has 0 amide bonds. The molecule has 0 aromatic heterocycles. The van der Waals surface area contributed by atoms with Gasteiger partial charge in [-0.2, -0.15) is 0 Å². The fraction of sp³-hybridized carbons (Fsp3) is 0.667. The van der Waals surface area contributed by atoms with Crippen LogP contribution in [0.15, 0.2) is 16.6 Å². The first-order valence-electron chi connectivity index (χ1n) is 8.63. The molecule has 1 aliphatic heterocycles. The third kappa shape index (κ3) is 5.10. The first kappa shape index (κ1) is 18.6. The smallest absolute Gasteiger partial charge is 0.175 e. The van der Waals surface area contributed by atoms with Gasteiger partial charge in [0.25, 0.3) is 0 Å². The van der Waals surface area contributed by atoms with Crippen LogP contribution >= 0.6 is 15.9 Å². The largest absolute Gasteiger partial charge is 0.493 e. The molecule has 1 aromatic rings. The van der Waals surface area contributed by atoms with Crippen molar-refractivity contribution in [3.63, 3.8) is 0 Å². The van der Waals surface area contributed by atoms with Gasteiger partial charge in [-0.15, -0.1) is 0 Å². The van der Waals surface area contributed by atoms with Gasteiger partial charge in [0.1, 0.15) is 0 Å². The number of benzene rings is 1. The Bertz CT molecular complexity index is 496. The van der Waals surface area contributed by atoms with Gasteiger partial charge < -0.3 is 14.8 Å². The summed E-state index contributed by atoms with van der Waals surface area (Å²) in [6, 6.07) is 4.86. The fourth-order valence-electron chi connectivity index (χ4n) is 3.15. The van der Waals surface area contributed by atoms with Crippen LogP contribution in [0, 0.1) is 0 Å². The molecule has 1 aromatic carbocycles. The lowest BCUT2D eigenvalue weighted by Crippen LogP contribution is -2.37. The second-order valence-electron chi connectivity index (χ2n) is 6.01. The summed E-state index contributed by atoms with van der Waals surface area (Å²) in [7, 11) is 1.69. The quantitative estimate of drug-likeness (QED) is 0.701. The topological polar surface area (TPSA) is 33.7 Å². The molecule has 2 rings (SSSR count). The van der Waals surface area contributed by atoms with Crippen molar-refractivity contribution >= 4 is 15.9 Å². The van der Waals surface area contributed by atoms with Crippen LogP contribution in [0.3, 0.4) is 0 Å². The molecule has 0 saturated carbocycles. The maximum Gasteiger partial charge on any atom is 0.175 e. The summed E-state index contributed by atoms with van der Waals surface area (Å²) in [4.78, 5) is 2.56. The monoisotopic (exact) mass is 384 g/mol. The molecule has 1 unspecified atom stereocenters. The van der Waals surface area contributed by atoms with Crippen LogP contribution in [0.4, 0.5) is 0 Å². The average Bonchev–Trinajstić information content (AvgIpc) is 3.01. The molecule has 1 fully saturated rings. The van der Waals surface area contributed by atoms with E-state index in [-0.39, 0.29) is 0 Å². The van der Waals surface area contributed by atoms with E-state index in [1.54, 1.807) is 7.11 Å². The van der Waals surface area contributed by atoms with Crippen LogP contribution in [-0.2, 0) is 6.54 Å². The summed E-state index contributed by atoms with van der Waals surface area (Å²) >= 11 is 3.61. The van der Waals surface area contributed by atoms with Gasteiger partial charge in [0.2, 0.25) is 0 Å². The van der Waals surface area contributed by atoms with E-state index in [1.807, 2.05) is 0 Å². The van der Waals surface area contributed by atoms with Gasteiger partial charge in [-0.3, -0.25) is 4.90 Å². The zero-order valence-corrected chi connectivity index (χ0v) is 16.1. The third-order valence-electron chi connectivity index (χ3n) is 4.35. The Morgan fingerprint density at radius 3 is 2.87 bits per heavy atom. The first-order chi connectivity index (χ1) is 11.2. The van der Waals surface area contributed by atoms with Gasteiger partial charge in [0.05, 0.1) is 18.2 Å². The van der Waals surface area contributed by atoms with E-state index in [0.29, 0.717) is 12.6 Å². The highest BCUT2D eigenvalue weighted by atomic mass is 79.9. The summed E-state index contributed by atoms with van der Waals surface area (Å²) in [6.07, 6.45) is 3.61. The van der Waals surface area contributed by atoms with Gasteiger partial charge in [0, 0.05) is 19.1 Å². The minimum absolute atomic E-state index is 0.678. The fourth-order valence-corrected chi connectivity index (χ4v) is 3.75. The van der Waals surface area contributed by atoms with Crippen molar-refractivity contribution in [3.8, 4) is 11.5 Å². The van der Waals surface area contributed by atoms with E-state index >= 15 is 0 Å². The average molecular weight is 385 g/mol. The zero-order chi connectivity index (χ0) is 16.7. The molecule has 1 heterocycles. The van der Waals surface area contributed by atoms with Crippen molar-refractivity contribution in [1.82, 2.24) is 10.2 Å². The van der Waals surface area contributed by atoms with Gasteiger partial charge in [-0.05, 0) is 66.0 Å². The number of likely N-dealkylation sites (N-methyl/N-ethyl adjacent to an activating group) is 1. The van der Waals surface area contributed by atoms with Gasteiger partial charge in [-0.25, -0.2) is 0 Å². The van der Waals surface area contributed by atoms with E-state index in [9.17, 15) is 0 Å². The highest BCUT2D eigenvalue weighted by molar-refractivity contribution is 9.10. The van der Waals surface area contributed by atoms with Gasteiger partial charge >= 0.3 is 0 Å². The Kier molecular flexibility index (Phi) is 7.66. The number of nitrogens with one attached hydrogen (secondary N) is 1. The molecular weight excluding hydrogens is 356 g/mol. The van der Waals surface area contributed by atoms with Crippen molar-refractivity contribution in [3.05, 3.63) is 22.2 Å². The van der Waals surface area contributed by atoms with Crippen LogP contribution in [-0.4, -0.2) is 44.3 Å². The third-order valence-corrected chi connectivity index (χ3v) is 4.94. The number of hydrogen-bond acceptors (Lipinski definition) is 4. The summed E-state index contributed by atoms with van der Waals surface area (Å²) < 4.78 is 12.2. The molecule has 4 nitrogen and oxygen atoms in total. The summed E-state index contributed by atoms with van der Waals surface area (Å²) in [6.45, 7) is 9.32. The number of rotatable bonds is 9. The molecule has 23 heavy (non-hydrogen) atoms. The molecule has 1 atom stereocenters. The molecular formula is C18H29BrN2O2. The molecule has 130 valence electrons. The van der Waals surface area contributed by atoms with Crippen LogP contribution in [0.2, 0.25) is 0 Å². The Morgan fingerprint density at radius 2 is 2.17 bits per heavy atom. The van der Waals surface area contributed by atoms with Crippen molar-refractivity contribution in [2.45, 2.75) is 45.7 Å². The number of hydrogen-bond donors (Lipinski definition) is 1. The SMILES string of the molecule is CCCOc1c(Br)cc(CNCC2CCCN2CC)cc1OC. The Labute approximate surface area is 148 Å². The normalized spacial score (nSPS) is 18.3. The van der Waals surface area contributed by atoms with E-state index in [0.717, 1.165) is 42.0 Å². The standard InChI is InChI=1S/C18H29BrN2O2/c1-4-9-23-18-16(19)10-14(11-17(18)22-3)12-20-13-15-7-6-8-21(15)5-2/h10-11,15,20H,4-9,12-13H2,1-3H3. The minimum atomic E-state index is 0.678. The lowest BCUT2D eigenvalue weighted by atomic mass is 10.1. The molecule has 0 spiro atoms. The number of nitrogens with zero attached hydrogens (tertiary/aromatic N) is 1. The first-order valence-corrected chi connectivity index (χ1v) is 9.42. The highest BCUT2D eigenvalue weighted by Gasteiger charge is 2.22. The van der Waals surface area contributed by atoms with Crippen LogP contribution in [0.1, 0.15) is 38.7 Å². The van der Waals surface area contributed by atoms with Crippen molar-refractivity contribution < 1.29 is 9.47 Å². The molecule has 5 heteroatoms. The van der Waals surface area contributed by atoms with Crippen LogP contribution in [0.5, 0.6) is 11.5 Å². The van der Waals surface area contributed by atoms with Crippen LogP contribution < -0.4 is 14.8 Å². The minimum Gasteiger partial charge on any atom is -0.493 e. The van der Waals surface area contributed by atoms with Gasteiger partial charge in [-0.1, -0.05) is 13.8 Å². The lowest BCUT2D eigenvalue weighted by Gasteiger charge is -2.23. The van der Waals surface area contributed by atoms with E-state index in [4.69, 9.17) is 9.47 Å². The van der Waals surface area contributed by atoms with Crippen molar-refractivity contribution in [2.75, 3.05) is 33.4 Å². The Balaban J connectivity index is 1.93. The number of halogens is 1. The molecule has 0 aliphatic carbocycles. The maximum atomic E-state index is 5.78. The lowest BCUT2D eigenvalue weighted by molar-refractivity contribution is 0.260. The van der Waals surface area contributed by atoms with Crippen LogP contribution in [0.25, 0.3) is 0 Å². The number of methoxy groups -OCH3 is 1. The maximum absolute atomic E-state index is 5.78. The van der Waals surface area contributed by atoms with Crippen molar-refractivity contribution in [2.24, 2.45) is 0 Å². The Morgan fingerprint density at radius 1 is 1.35 bits per heavy atom. The number of ether oxygens (including phenoxy) is 2. The summed E-state index contributed by atoms with van der Waals surface area (Å²) in [5, 5.41) is 3.59. The van der Waals surface area contributed by atoms with Crippen molar-refractivity contribution in [1.29, 1.82) is 0 Å². The summed E-state index contributed by atoms with van der Waals surface area (Å²) in [5.74, 6) is 1.59. The highest BCUT2D eigenvalue weighted by Crippen LogP contribution is 2.36. The Hall–Kier alpha value is -0.780. The predicted octanol–water partition coefficient (Wildman–Crippen LogP) is 3.82. The molecule has 0 radical (unpaired) electrons. The van der Waals surface area contributed by atoms with Gasteiger partial charge in [0.15, 0.2) is 11.5 Å². The summed E-state index contributed by atoms with van der Waals surface area (Å²) in [5.41, 5.74) is 1.21. The molecule has 0 bridgehead atoms. The second-order valence-corrected chi connectivity index (χ2v) is 6.87. The predicted molar refractivity (Wildman–Crippen MR) is 98.5 cm³/mol. The molecule has 1 N–H and O–H groups in total. The molecule has 1 saturated heterocycles. The van der Waals surface area contributed by atoms with E-state index < -0.39 is 0 Å². The zero-order valence-electron chi connectivity index (χ0n) is 14.5. The number of likely N-dealkylation sites (tertiary alicyclic amines) is 1. The molecule has 1 aliphatic rings. The van der Waals surface area contributed by atoms with E-state index in [2.05, 4.69) is 52.1 Å². The second kappa shape index (κ2) is 9.50.